The average Bonchev–Trinajstić information content (AvgIpc) is 3.27. The topological polar surface area (TPSA) is 163 Å². The van der Waals surface area contributed by atoms with Crippen molar-refractivity contribution < 1.29 is 66.4 Å². The number of nitrogen functional groups attached to an aromatic ring is 1. The second-order valence-electron chi connectivity index (χ2n) is 14.4. The van der Waals surface area contributed by atoms with Crippen LogP contribution in [0.2, 0.25) is 0 Å². The van der Waals surface area contributed by atoms with Gasteiger partial charge in [-0.3, -0.25) is 4.79 Å². The number of esters is 1. The Morgan fingerprint density at radius 2 is 0.623 bits per heavy atom. The first-order valence-electron chi connectivity index (χ1n) is 23.2. The summed E-state index contributed by atoms with van der Waals surface area (Å²) in [5.41, 5.74) is 6.36. The van der Waals surface area contributed by atoms with Crippen molar-refractivity contribution >= 4 is 11.7 Å². The fourth-order valence-corrected chi connectivity index (χ4v) is 5.66. The number of nitrogens with two attached hydrogens (primary N) is 1. The molecule has 0 radical (unpaired) electrons. The third kappa shape index (κ3) is 45.7. The molecule has 1 aromatic carbocycles. The Morgan fingerprint density at radius 3 is 0.934 bits per heavy atom. The average molecular weight is 876 g/mol. The number of carbonyl (C=O) groups is 1. The van der Waals surface area contributed by atoms with Gasteiger partial charge in [0.05, 0.1) is 145 Å². The van der Waals surface area contributed by atoms with Gasteiger partial charge >= 0.3 is 5.97 Å². The molecule has 61 heavy (non-hydrogen) atoms. The minimum atomic E-state index is -0.134. The van der Waals surface area contributed by atoms with Gasteiger partial charge in [0.2, 0.25) is 0 Å². The van der Waals surface area contributed by atoms with Crippen LogP contribution in [0.1, 0.15) is 96.8 Å². The highest BCUT2D eigenvalue weighted by molar-refractivity contribution is 5.69. The van der Waals surface area contributed by atoms with Crippen LogP contribution in [0.4, 0.5) is 5.69 Å². The summed E-state index contributed by atoms with van der Waals surface area (Å²) in [5.74, 6) is 0.635. The maximum absolute atomic E-state index is 11.9. The van der Waals surface area contributed by atoms with E-state index in [4.69, 9.17) is 67.3 Å². The van der Waals surface area contributed by atoms with Crippen molar-refractivity contribution in [3.63, 3.8) is 0 Å². The molecule has 0 aliphatic rings. The molecule has 0 heterocycles. The van der Waals surface area contributed by atoms with E-state index in [9.17, 15) is 4.79 Å². The van der Waals surface area contributed by atoms with Crippen LogP contribution < -0.4 is 10.5 Å². The van der Waals surface area contributed by atoms with Crippen molar-refractivity contribution in [1.29, 1.82) is 0 Å². The first-order chi connectivity index (χ1) is 30.2. The van der Waals surface area contributed by atoms with Gasteiger partial charge in [-0.2, -0.15) is 0 Å². The summed E-state index contributed by atoms with van der Waals surface area (Å²) in [6.45, 7) is 13.7. The number of rotatable bonds is 51. The molecule has 0 amide bonds. The first kappa shape index (κ1) is 56.9. The molecule has 15 heteroatoms. The van der Waals surface area contributed by atoms with Crippen LogP contribution in [0.25, 0.3) is 0 Å². The van der Waals surface area contributed by atoms with Crippen molar-refractivity contribution in [1.82, 2.24) is 0 Å². The van der Waals surface area contributed by atoms with E-state index in [1.54, 1.807) is 12.1 Å². The predicted octanol–water partition coefficient (Wildman–Crippen LogP) is 6.85. The first-order valence-corrected chi connectivity index (χ1v) is 23.2. The third-order valence-electron chi connectivity index (χ3n) is 9.07. The Hall–Kier alpha value is -2.15. The Labute approximate surface area is 368 Å². The molecular formula is C46H85NO14. The summed E-state index contributed by atoms with van der Waals surface area (Å²) in [7, 11) is 0. The van der Waals surface area contributed by atoms with Gasteiger partial charge in [-0.25, -0.2) is 0 Å². The lowest BCUT2D eigenvalue weighted by atomic mass is 10.0. The normalized spacial score (nSPS) is 11.4. The third-order valence-corrected chi connectivity index (χ3v) is 9.07. The molecule has 0 atom stereocenters. The lowest BCUT2D eigenvalue weighted by Gasteiger charge is -2.09. The molecule has 0 fully saturated rings. The van der Waals surface area contributed by atoms with Crippen LogP contribution in [0.3, 0.4) is 0 Å². The van der Waals surface area contributed by atoms with Crippen LogP contribution in [-0.2, 0) is 61.6 Å². The van der Waals surface area contributed by atoms with E-state index in [-0.39, 0.29) is 12.6 Å². The van der Waals surface area contributed by atoms with Crippen molar-refractivity contribution in [3.8, 4) is 5.75 Å². The number of carbonyl (C=O) groups excluding carboxylic acids is 1. The molecule has 0 aliphatic carbocycles. The number of hydrogen-bond acceptors (Lipinski definition) is 15. The molecule has 0 saturated carbocycles. The van der Waals surface area contributed by atoms with Gasteiger partial charge in [0.25, 0.3) is 0 Å². The van der Waals surface area contributed by atoms with Crippen molar-refractivity contribution in [2.45, 2.75) is 96.8 Å². The Kier molecular flexibility index (Phi) is 45.6. The van der Waals surface area contributed by atoms with Gasteiger partial charge in [-0.05, 0) is 30.7 Å². The summed E-state index contributed by atoms with van der Waals surface area (Å²) in [5, 5.41) is 0. The van der Waals surface area contributed by atoms with Crippen molar-refractivity contribution in [2.75, 3.05) is 164 Å². The van der Waals surface area contributed by atoms with Crippen LogP contribution in [-0.4, -0.2) is 165 Å². The van der Waals surface area contributed by atoms with Crippen LogP contribution >= 0.6 is 0 Å². The zero-order chi connectivity index (χ0) is 43.6. The molecule has 0 bridgehead atoms. The van der Waals surface area contributed by atoms with Crippen LogP contribution in [0.15, 0.2) is 24.3 Å². The lowest BCUT2D eigenvalue weighted by molar-refractivity contribution is -0.145. The smallest absolute Gasteiger partial charge is 0.305 e. The molecule has 0 unspecified atom stereocenters. The minimum absolute atomic E-state index is 0.134. The second-order valence-corrected chi connectivity index (χ2v) is 14.4. The molecule has 358 valence electrons. The summed E-state index contributed by atoms with van der Waals surface area (Å²) in [4.78, 5) is 11.9. The van der Waals surface area contributed by atoms with E-state index in [1.165, 1.54) is 70.6 Å². The van der Waals surface area contributed by atoms with Gasteiger partial charge in [0.1, 0.15) is 19.0 Å². The zero-order valence-corrected chi connectivity index (χ0v) is 38.0. The summed E-state index contributed by atoms with van der Waals surface area (Å²) < 4.78 is 71.3. The van der Waals surface area contributed by atoms with Gasteiger partial charge in [-0.1, -0.05) is 84.0 Å². The molecular weight excluding hydrogens is 790 g/mol. The van der Waals surface area contributed by atoms with Gasteiger partial charge in [0.15, 0.2) is 0 Å². The van der Waals surface area contributed by atoms with Crippen LogP contribution in [0.5, 0.6) is 5.75 Å². The van der Waals surface area contributed by atoms with Crippen LogP contribution in [0, 0.1) is 0 Å². The largest absolute Gasteiger partial charge is 0.491 e. The SMILES string of the molecule is CCCCCCCCCCCCCCCC(=O)OCCOCCOCCOCCOCCOCCOCCOCCOCCOCCOCCOCCOc1ccc(N)cc1. The van der Waals surface area contributed by atoms with Gasteiger partial charge in [0, 0.05) is 12.1 Å². The number of ether oxygens (including phenoxy) is 13. The fourth-order valence-electron chi connectivity index (χ4n) is 5.66. The second kappa shape index (κ2) is 48.9. The Bertz CT molecular complexity index is 1010. The highest BCUT2D eigenvalue weighted by Gasteiger charge is 2.03. The standard InChI is InChI=1S/C46H85NO14/c1-2-3-4-5-6-7-8-9-10-11-12-13-14-15-46(48)61-43-41-59-39-37-57-35-33-55-31-29-53-27-25-51-23-21-49-20-22-50-24-26-52-28-30-54-32-34-56-36-38-58-40-42-60-45-18-16-44(47)17-19-45/h16-19H,2-15,20-43,47H2,1H3. The fraction of sp³-hybridized carbons (Fsp3) is 0.848. The van der Waals surface area contributed by atoms with E-state index in [0.717, 1.165) is 18.6 Å². The molecule has 0 aromatic heterocycles. The van der Waals surface area contributed by atoms with E-state index in [1.807, 2.05) is 12.1 Å². The quantitative estimate of drug-likeness (QED) is 0.0410. The Morgan fingerprint density at radius 1 is 0.361 bits per heavy atom. The highest BCUT2D eigenvalue weighted by Crippen LogP contribution is 2.14. The number of hydrogen-bond donors (Lipinski definition) is 1. The van der Waals surface area contributed by atoms with Crippen molar-refractivity contribution in [3.05, 3.63) is 24.3 Å². The van der Waals surface area contributed by atoms with Gasteiger partial charge in [-0.15, -0.1) is 0 Å². The zero-order valence-electron chi connectivity index (χ0n) is 38.0. The highest BCUT2D eigenvalue weighted by atomic mass is 16.6. The Balaban J connectivity index is 1.63. The lowest BCUT2D eigenvalue weighted by Crippen LogP contribution is -2.16. The number of anilines is 1. The minimum Gasteiger partial charge on any atom is -0.491 e. The number of unbranched alkanes of at least 4 members (excludes halogenated alkanes) is 12. The van der Waals surface area contributed by atoms with Gasteiger partial charge < -0.3 is 67.3 Å². The predicted molar refractivity (Wildman–Crippen MR) is 237 cm³/mol. The number of benzene rings is 1. The van der Waals surface area contributed by atoms with E-state index in [0.29, 0.717) is 164 Å². The maximum Gasteiger partial charge on any atom is 0.305 e. The summed E-state index contributed by atoms with van der Waals surface area (Å²) in [6.07, 6.45) is 17.3. The molecule has 15 nitrogen and oxygen atoms in total. The molecule has 1 aromatic rings. The monoisotopic (exact) mass is 876 g/mol. The summed E-state index contributed by atoms with van der Waals surface area (Å²) in [6, 6.07) is 7.26. The molecule has 0 aliphatic heterocycles. The molecule has 0 spiro atoms. The summed E-state index contributed by atoms with van der Waals surface area (Å²) >= 11 is 0. The maximum atomic E-state index is 11.9. The molecule has 2 N–H and O–H groups in total. The van der Waals surface area contributed by atoms with E-state index in [2.05, 4.69) is 6.92 Å². The van der Waals surface area contributed by atoms with E-state index >= 15 is 0 Å². The van der Waals surface area contributed by atoms with E-state index < -0.39 is 0 Å². The molecule has 0 saturated heterocycles. The molecule has 1 rings (SSSR count). The van der Waals surface area contributed by atoms with Crippen molar-refractivity contribution in [2.24, 2.45) is 0 Å².